The molecule has 0 bridgehead atoms. The van der Waals surface area contributed by atoms with E-state index in [1.807, 2.05) is 5.32 Å². The number of ether oxygens (including phenoxy) is 1. The third-order valence-electron chi connectivity index (χ3n) is 4.00. The molecule has 1 amide bonds. The average molecular weight is 335 g/mol. The highest BCUT2D eigenvalue weighted by Gasteiger charge is 2.42. The van der Waals surface area contributed by atoms with Crippen LogP contribution in [0.4, 0.5) is 0 Å². The molecule has 24 heavy (non-hydrogen) atoms. The van der Waals surface area contributed by atoms with Gasteiger partial charge in [-0.1, -0.05) is 12.1 Å². The van der Waals surface area contributed by atoms with Crippen LogP contribution >= 0.6 is 0 Å². The molecule has 1 aliphatic rings. The number of rotatable bonds is 8. The van der Waals surface area contributed by atoms with Gasteiger partial charge in [0, 0.05) is 0 Å². The Balaban J connectivity index is 2.35. The first-order valence-corrected chi connectivity index (χ1v) is 7.82. The fraction of sp³-hybridized carbons (Fsp3) is 0.412. The van der Waals surface area contributed by atoms with E-state index in [-0.39, 0.29) is 18.0 Å². The largest absolute Gasteiger partial charge is 0.503 e. The second kappa shape index (κ2) is 7.94. The van der Waals surface area contributed by atoms with Crippen molar-refractivity contribution in [1.82, 2.24) is 4.90 Å². The van der Waals surface area contributed by atoms with E-state index in [2.05, 4.69) is 0 Å². The van der Waals surface area contributed by atoms with Crippen molar-refractivity contribution in [3.63, 3.8) is 0 Å². The molecule has 1 aromatic carbocycles. The molecule has 0 saturated carbocycles. The van der Waals surface area contributed by atoms with Crippen LogP contribution < -0.4 is 10.1 Å². The summed E-state index contributed by atoms with van der Waals surface area (Å²) in [5.41, 5.74) is 0.814. The lowest BCUT2D eigenvalue weighted by atomic mass is 9.96. The van der Waals surface area contributed by atoms with Gasteiger partial charge in [0.25, 0.3) is 5.91 Å². The maximum absolute atomic E-state index is 12.4. The first-order chi connectivity index (χ1) is 11.5. The fourth-order valence-electron chi connectivity index (χ4n) is 2.87. The molecule has 7 nitrogen and oxygen atoms in total. The minimum Gasteiger partial charge on any atom is -0.503 e. The summed E-state index contributed by atoms with van der Waals surface area (Å²) < 4.78 is 5.21. The molecule has 0 aromatic heterocycles. The third-order valence-corrected chi connectivity index (χ3v) is 4.00. The van der Waals surface area contributed by atoms with Gasteiger partial charge >= 0.3 is 0 Å². The van der Waals surface area contributed by atoms with Gasteiger partial charge in [-0.25, -0.2) is 0 Å². The van der Waals surface area contributed by atoms with Crippen LogP contribution in [0.5, 0.6) is 5.75 Å². The van der Waals surface area contributed by atoms with Crippen LogP contribution in [0.1, 0.15) is 18.5 Å². The van der Waals surface area contributed by atoms with Crippen LogP contribution in [0, 0.1) is 0 Å². The van der Waals surface area contributed by atoms with Crippen LogP contribution in [-0.4, -0.2) is 60.2 Å². The zero-order chi connectivity index (χ0) is 17.7. The zero-order valence-corrected chi connectivity index (χ0v) is 13.9. The van der Waals surface area contributed by atoms with Gasteiger partial charge in [0.2, 0.25) is 0 Å². The molecule has 130 valence electrons. The van der Waals surface area contributed by atoms with Crippen molar-refractivity contribution >= 4 is 11.7 Å². The maximum atomic E-state index is 12.4. The van der Waals surface area contributed by atoms with Crippen molar-refractivity contribution in [2.45, 2.75) is 13.0 Å². The molecular weight excluding hydrogens is 312 g/mol. The predicted octanol–water partition coefficient (Wildman–Crippen LogP) is -0.465. The molecule has 7 heteroatoms. The second-order valence-corrected chi connectivity index (χ2v) is 5.59. The van der Waals surface area contributed by atoms with E-state index in [1.54, 1.807) is 31.4 Å². The number of amides is 1. The monoisotopic (exact) mass is 335 g/mol. The molecule has 1 atom stereocenters. The topological polar surface area (TPSA) is 104 Å². The number of carbonyl (C=O) groups excluding carboxylic acids is 2. The standard InChI is InChI=1S/C17H22N2O5/c1-11(21)14-15(12-4-3-5-13(10-12)24-2)19(17(23)16(14)22)8-6-18-7-9-20/h3-5,10,15,18,20,22H,6-9H2,1-2H3/p+1/t15-/m0/s1. The normalized spacial score (nSPS) is 17.5. The molecule has 0 spiro atoms. The molecule has 0 unspecified atom stereocenters. The number of benzene rings is 1. The van der Waals surface area contributed by atoms with Crippen molar-refractivity contribution in [3.05, 3.63) is 41.2 Å². The van der Waals surface area contributed by atoms with Gasteiger partial charge in [-0.3, -0.25) is 9.59 Å². The first-order valence-electron chi connectivity index (χ1n) is 7.82. The Hall–Kier alpha value is -2.38. The number of hydrogen-bond acceptors (Lipinski definition) is 5. The molecule has 2 rings (SSSR count). The van der Waals surface area contributed by atoms with Gasteiger partial charge in [0.05, 0.1) is 45.0 Å². The van der Waals surface area contributed by atoms with Gasteiger partial charge in [-0.15, -0.1) is 0 Å². The maximum Gasteiger partial charge on any atom is 0.290 e. The van der Waals surface area contributed by atoms with Gasteiger partial charge < -0.3 is 25.2 Å². The van der Waals surface area contributed by atoms with Crippen LogP contribution in [0.3, 0.4) is 0 Å². The summed E-state index contributed by atoms with van der Waals surface area (Å²) in [5.74, 6) is -0.764. The number of quaternary nitrogens is 1. The average Bonchev–Trinajstić information content (AvgIpc) is 2.83. The number of ketones is 1. The Kier molecular flexibility index (Phi) is 5.94. The van der Waals surface area contributed by atoms with Crippen LogP contribution in [0.25, 0.3) is 0 Å². The SMILES string of the molecule is COc1cccc([C@H]2C(C(C)=O)=C(O)C(=O)N2CC[NH2+]CCO)c1. The van der Waals surface area contributed by atoms with Gasteiger partial charge in [-0.2, -0.15) is 0 Å². The molecule has 0 fully saturated rings. The number of Topliss-reactive ketones (excluding diaryl/α,β-unsaturated/α-hetero) is 1. The Labute approximate surface area is 140 Å². The quantitative estimate of drug-likeness (QED) is 0.558. The van der Waals surface area contributed by atoms with Crippen molar-refractivity contribution in [2.24, 2.45) is 0 Å². The summed E-state index contributed by atoms with van der Waals surface area (Å²) >= 11 is 0. The summed E-state index contributed by atoms with van der Waals surface area (Å²) in [7, 11) is 1.54. The Morgan fingerprint density at radius 1 is 1.38 bits per heavy atom. The van der Waals surface area contributed by atoms with E-state index < -0.39 is 17.7 Å². The molecule has 0 radical (unpaired) electrons. The molecular formula is C17H23N2O5+. The molecule has 1 aliphatic heterocycles. The number of nitrogens with two attached hydrogens (primary N) is 1. The number of carbonyl (C=O) groups is 2. The minimum absolute atomic E-state index is 0.0510. The molecule has 1 aromatic rings. The first kappa shape index (κ1) is 18.0. The van der Waals surface area contributed by atoms with E-state index in [0.717, 1.165) is 0 Å². The number of hydrogen-bond donors (Lipinski definition) is 3. The zero-order valence-electron chi connectivity index (χ0n) is 13.9. The highest BCUT2D eigenvalue weighted by Crippen LogP contribution is 2.38. The van der Waals surface area contributed by atoms with Crippen LogP contribution in [0.2, 0.25) is 0 Å². The molecule has 4 N–H and O–H groups in total. The highest BCUT2D eigenvalue weighted by molar-refractivity contribution is 6.08. The van der Waals surface area contributed by atoms with Gasteiger partial charge in [-0.05, 0) is 24.6 Å². The second-order valence-electron chi connectivity index (χ2n) is 5.59. The number of methoxy groups -OCH3 is 1. The van der Waals surface area contributed by atoms with Gasteiger partial charge in [0.1, 0.15) is 5.75 Å². The number of aliphatic hydroxyl groups is 2. The lowest BCUT2D eigenvalue weighted by Gasteiger charge is -2.26. The van der Waals surface area contributed by atoms with Crippen molar-refractivity contribution in [3.8, 4) is 5.75 Å². The number of nitrogens with zero attached hydrogens (tertiary/aromatic N) is 1. The van der Waals surface area contributed by atoms with Crippen LogP contribution in [-0.2, 0) is 9.59 Å². The van der Waals surface area contributed by atoms with E-state index in [4.69, 9.17) is 9.84 Å². The lowest BCUT2D eigenvalue weighted by molar-refractivity contribution is -0.655. The van der Waals surface area contributed by atoms with E-state index in [9.17, 15) is 14.7 Å². The smallest absolute Gasteiger partial charge is 0.290 e. The third kappa shape index (κ3) is 3.58. The van der Waals surface area contributed by atoms with Crippen molar-refractivity contribution < 1.29 is 29.9 Å². The Morgan fingerprint density at radius 3 is 2.75 bits per heavy atom. The van der Waals surface area contributed by atoms with Crippen molar-refractivity contribution in [2.75, 3.05) is 33.4 Å². The summed E-state index contributed by atoms with van der Waals surface area (Å²) in [6.07, 6.45) is 0. The summed E-state index contributed by atoms with van der Waals surface area (Å²) in [6.45, 7) is 2.83. The summed E-state index contributed by atoms with van der Waals surface area (Å²) in [4.78, 5) is 25.9. The number of aliphatic hydroxyl groups excluding tert-OH is 2. The summed E-state index contributed by atoms with van der Waals surface area (Å²) in [6, 6.07) is 6.47. The predicted molar refractivity (Wildman–Crippen MR) is 86.5 cm³/mol. The Morgan fingerprint density at radius 2 is 2.12 bits per heavy atom. The van der Waals surface area contributed by atoms with Crippen molar-refractivity contribution in [1.29, 1.82) is 0 Å². The Bertz CT molecular complexity index is 656. The summed E-state index contributed by atoms with van der Waals surface area (Å²) in [5, 5.41) is 20.9. The van der Waals surface area contributed by atoms with E-state index >= 15 is 0 Å². The minimum atomic E-state index is -0.632. The molecule has 0 aliphatic carbocycles. The van der Waals surface area contributed by atoms with Crippen LogP contribution in [0.15, 0.2) is 35.6 Å². The van der Waals surface area contributed by atoms with E-state index in [1.165, 1.54) is 11.8 Å². The lowest BCUT2D eigenvalue weighted by Crippen LogP contribution is -2.86. The molecule has 0 saturated heterocycles. The highest BCUT2D eigenvalue weighted by atomic mass is 16.5. The fourth-order valence-corrected chi connectivity index (χ4v) is 2.87. The van der Waals surface area contributed by atoms with Gasteiger partial charge in [0.15, 0.2) is 11.5 Å². The molecule has 1 heterocycles. The van der Waals surface area contributed by atoms with E-state index in [0.29, 0.717) is 30.9 Å².